The highest BCUT2D eigenvalue weighted by molar-refractivity contribution is 7.18. The van der Waals surface area contributed by atoms with Gasteiger partial charge < -0.3 is 21.2 Å². The molecule has 2 heterocycles. The number of hydrogen-bond acceptors (Lipinski definition) is 5. The van der Waals surface area contributed by atoms with Gasteiger partial charge in [-0.2, -0.15) is 0 Å². The number of carbonyl (C=O) groups is 2. The zero-order valence-corrected chi connectivity index (χ0v) is 12.0. The van der Waals surface area contributed by atoms with E-state index >= 15 is 0 Å². The molecule has 0 aliphatic carbocycles. The van der Waals surface area contributed by atoms with Crippen molar-refractivity contribution in [3.63, 3.8) is 0 Å². The molecule has 1 aromatic heterocycles. The first kappa shape index (κ1) is 14.6. The summed E-state index contributed by atoms with van der Waals surface area (Å²) in [5, 5.41) is 8.89. The van der Waals surface area contributed by atoms with Gasteiger partial charge in [0.2, 0.25) is 6.10 Å². The molecule has 20 heavy (non-hydrogen) atoms. The number of rotatable bonds is 5. The minimum absolute atomic E-state index is 0.266. The van der Waals surface area contributed by atoms with Crippen LogP contribution >= 0.6 is 22.9 Å². The Kier molecular flexibility index (Phi) is 4.80. The topological polar surface area (TPSA) is 106 Å². The van der Waals surface area contributed by atoms with Gasteiger partial charge in [0.05, 0.1) is 9.21 Å². The molecule has 0 fully saturated rings. The van der Waals surface area contributed by atoms with Crippen LogP contribution in [0.1, 0.15) is 11.3 Å². The van der Waals surface area contributed by atoms with Gasteiger partial charge in [0.1, 0.15) is 5.71 Å². The summed E-state index contributed by atoms with van der Waals surface area (Å²) in [5.74, 6) is -0.280. The highest BCUT2D eigenvalue weighted by Gasteiger charge is 2.29. The lowest BCUT2D eigenvalue weighted by Crippen LogP contribution is -2.41. The van der Waals surface area contributed by atoms with Gasteiger partial charge >= 0.3 is 6.03 Å². The molecule has 0 saturated heterocycles. The summed E-state index contributed by atoms with van der Waals surface area (Å²) in [5.41, 5.74) is 5.61. The summed E-state index contributed by atoms with van der Waals surface area (Å²) in [6.07, 6.45) is -0.259. The molecule has 0 saturated carbocycles. The van der Waals surface area contributed by atoms with Crippen LogP contribution in [0.4, 0.5) is 4.79 Å². The zero-order valence-electron chi connectivity index (χ0n) is 10.4. The van der Waals surface area contributed by atoms with Gasteiger partial charge in [-0.15, -0.1) is 11.3 Å². The lowest BCUT2D eigenvalue weighted by atomic mass is 10.1. The average Bonchev–Trinajstić information content (AvgIpc) is 3.02. The molecule has 0 radical (unpaired) electrons. The van der Waals surface area contributed by atoms with E-state index in [0.717, 1.165) is 4.88 Å². The maximum Gasteiger partial charge on any atom is 0.312 e. The monoisotopic (exact) mass is 316 g/mol. The molecule has 108 valence electrons. The predicted octanol–water partition coefficient (Wildman–Crippen LogP) is 0.679. The third-order valence-corrected chi connectivity index (χ3v) is 3.82. The van der Waals surface area contributed by atoms with Gasteiger partial charge in [-0.25, -0.2) is 4.79 Å². The normalized spacial score (nSPS) is 17.2. The van der Waals surface area contributed by atoms with Crippen LogP contribution in [0.5, 0.6) is 0 Å². The summed E-state index contributed by atoms with van der Waals surface area (Å²) in [6.45, 7) is 0.545. The molecule has 7 nitrogen and oxygen atoms in total. The number of nitrogens with two attached hydrogens (primary N) is 1. The van der Waals surface area contributed by atoms with Crippen molar-refractivity contribution in [3.8, 4) is 0 Å². The van der Waals surface area contributed by atoms with E-state index in [9.17, 15) is 9.59 Å². The van der Waals surface area contributed by atoms with E-state index in [1.807, 2.05) is 6.07 Å². The Morgan fingerprint density at radius 3 is 2.85 bits per heavy atom. The fourth-order valence-corrected chi connectivity index (χ4v) is 2.65. The highest BCUT2D eigenvalue weighted by Crippen LogP contribution is 2.26. The molecule has 0 unspecified atom stereocenters. The number of primary amides is 1. The quantitative estimate of drug-likeness (QED) is 0.695. The van der Waals surface area contributed by atoms with E-state index < -0.39 is 12.1 Å². The first-order chi connectivity index (χ1) is 9.56. The van der Waals surface area contributed by atoms with Gasteiger partial charge in [0, 0.05) is 19.5 Å². The largest absolute Gasteiger partial charge is 0.382 e. The Balaban J connectivity index is 1.76. The van der Waals surface area contributed by atoms with Crippen molar-refractivity contribution >= 4 is 40.6 Å². The van der Waals surface area contributed by atoms with Crippen molar-refractivity contribution in [3.05, 3.63) is 21.3 Å². The summed E-state index contributed by atoms with van der Waals surface area (Å²) >= 11 is 7.23. The number of amides is 3. The van der Waals surface area contributed by atoms with Gasteiger partial charge in [-0.3, -0.25) is 4.79 Å². The van der Waals surface area contributed by atoms with Gasteiger partial charge in [-0.1, -0.05) is 16.8 Å². The molecular weight excluding hydrogens is 304 g/mol. The van der Waals surface area contributed by atoms with Crippen LogP contribution in [-0.2, 0) is 9.63 Å². The van der Waals surface area contributed by atoms with Gasteiger partial charge in [0.25, 0.3) is 5.91 Å². The second-order valence-electron chi connectivity index (χ2n) is 4.02. The summed E-state index contributed by atoms with van der Waals surface area (Å²) in [4.78, 5) is 28.2. The van der Waals surface area contributed by atoms with E-state index in [-0.39, 0.29) is 19.0 Å². The van der Waals surface area contributed by atoms with Crippen LogP contribution in [0, 0.1) is 0 Å². The number of nitrogens with zero attached hydrogens (tertiary/aromatic N) is 1. The summed E-state index contributed by atoms with van der Waals surface area (Å²) < 4.78 is 0.660. The molecule has 1 aliphatic rings. The smallest absolute Gasteiger partial charge is 0.312 e. The Morgan fingerprint density at radius 2 is 2.20 bits per heavy atom. The molecule has 2 rings (SSSR count). The Hall–Kier alpha value is -1.80. The van der Waals surface area contributed by atoms with Crippen LogP contribution in [-0.4, -0.2) is 36.8 Å². The van der Waals surface area contributed by atoms with Crippen molar-refractivity contribution in [1.29, 1.82) is 0 Å². The molecule has 0 aromatic carbocycles. The number of thiophene rings is 1. The molecule has 4 N–H and O–H groups in total. The number of carbonyl (C=O) groups excluding carboxylic acids is 2. The fraction of sp³-hybridized carbons (Fsp3) is 0.364. The molecule has 0 bridgehead atoms. The predicted molar refractivity (Wildman–Crippen MR) is 76.0 cm³/mol. The maximum absolute atomic E-state index is 11.8. The first-order valence-electron chi connectivity index (χ1n) is 5.85. The number of nitrogens with one attached hydrogen (secondary N) is 2. The highest BCUT2D eigenvalue weighted by atomic mass is 35.5. The number of hydrogen-bond donors (Lipinski definition) is 3. The molecule has 1 atom stereocenters. The summed E-state index contributed by atoms with van der Waals surface area (Å²) in [7, 11) is 0. The van der Waals surface area contributed by atoms with Crippen molar-refractivity contribution in [1.82, 2.24) is 10.6 Å². The Bertz CT molecular complexity index is 546. The average molecular weight is 317 g/mol. The van der Waals surface area contributed by atoms with Crippen LogP contribution in [0.25, 0.3) is 0 Å². The second kappa shape index (κ2) is 6.58. The molecule has 0 spiro atoms. The minimum Gasteiger partial charge on any atom is -0.382 e. The van der Waals surface area contributed by atoms with Crippen molar-refractivity contribution in [2.24, 2.45) is 10.9 Å². The minimum atomic E-state index is -0.653. The third-order valence-electron chi connectivity index (χ3n) is 2.54. The number of oxime groups is 1. The van der Waals surface area contributed by atoms with Crippen molar-refractivity contribution in [2.75, 3.05) is 13.1 Å². The maximum atomic E-state index is 11.8. The van der Waals surface area contributed by atoms with E-state index in [1.165, 1.54) is 11.3 Å². The van der Waals surface area contributed by atoms with Crippen LogP contribution in [0.3, 0.4) is 0 Å². The van der Waals surface area contributed by atoms with Crippen LogP contribution in [0.15, 0.2) is 17.3 Å². The molecule has 3 amide bonds. The third kappa shape index (κ3) is 3.84. The molecule has 1 aromatic rings. The summed E-state index contributed by atoms with van der Waals surface area (Å²) in [6, 6.07) is 2.98. The molecule has 1 aliphatic heterocycles. The lowest BCUT2D eigenvalue weighted by molar-refractivity contribution is -0.131. The van der Waals surface area contributed by atoms with E-state index in [1.54, 1.807) is 6.07 Å². The van der Waals surface area contributed by atoms with Crippen molar-refractivity contribution in [2.45, 2.75) is 12.5 Å². The van der Waals surface area contributed by atoms with Crippen molar-refractivity contribution < 1.29 is 14.4 Å². The van der Waals surface area contributed by atoms with Gasteiger partial charge in [0.15, 0.2) is 0 Å². The van der Waals surface area contributed by atoms with Crippen LogP contribution < -0.4 is 16.4 Å². The molecule has 9 heteroatoms. The fourth-order valence-electron chi connectivity index (χ4n) is 1.62. The first-order valence-corrected chi connectivity index (χ1v) is 7.05. The zero-order chi connectivity index (χ0) is 14.5. The SMILES string of the molecule is NC(=O)NCCNC(=O)[C@H]1CC(c2ccc(Cl)s2)=NO1. The van der Waals surface area contributed by atoms with E-state index in [0.29, 0.717) is 16.5 Å². The van der Waals surface area contributed by atoms with Gasteiger partial charge in [-0.05, 0) is 12.1 Å². The molecular formula is C11H13ClN4O3S. The Labute approximate surface area is 124 Å². The Morgan fingerprint density at radius 1 is 1.45 bits per heavy atom. The standard InChI is InChI=1S/C11H13ClN4O3S/c12-9-2-1-8(20-9)6-5-7(19-16-6)10(17)14-3-4-15-11(13)18/h1-2,7H,3-5H2,(H,14,17)(H3,13,15,18)/t7-/m1/s1. The van der Waals surface area contributed by atoms with E-state index in [4.69, 9.17) is 22.2 Å². The number of halogens is 1. The number of urea groups is 1. The van der Waals surface area contributed by atoms with Crippen LogP contribution in [0.2, 0.25) is 4.34 Å². The lowest BCUT2D eigenvalue weighted by Gasteiger charge is -2.09. The van der Waals surface area contributed by atoms with E-state index in [2.05, 4.69) is 15.8 Å². The second-order valence-corrected chi connectivity index (χ2v) is 5.74.